The van der Waals surface area contributed by atoms with Gasteiger partial charge >= 0.3 is 0 Å². The van der Waals surface area contributed by atoms with Gasteiger partial charge in [0.15, 0.2) is 16.4 Å². The lowest BCUT2D eigenvalue weighted by Gasteiger charge is -2.17. The van der Waals surface area contributed by atoms with E-state index >= 15 is 0 Å². The summed E-state index contributed by atoms with van der Waals surface area (Å²) in [6, 6.07) is 11.5. The second-order valence-corrected chi connectivity index (χ2v) is 8.35. The van der Waals surface area contributed by atoms with Gasteiger partial charge in [-0.1, -0.05) is 19.1 Å². The standard InChI is InChI=1S/C19H20N2O5S/c1-2-27(24,25)17-6-4-3-5-16(17)21-19(23)12-26-14-8-9-15-13(11-14)7-10-18(22)20-15/h3-6,8-9,11H,2,7,10,12H2,1H3,(H,20,22)(H,21,23). The molecule has 0 aliphatic carbocycles. The number of carbonyl (C=O) groups excluding carboxylic acids is 2. The highest BCUT2D eigenvalue weighted by Crippen LogP contribution is 2.27. The van der Waals surface area contributed by atoms with Crippen LogP contribution in [0.3, 0.4) is 0 Å². The molecule has 0 saturated carbocycles. The lowest BCUT2D eigenvalue weighted by molar-refractivity contribution is -0.118. The van der Waals surface area contributed by atoms with Crippen LogP contribution in [0.4, 0.5) is 11.4 Å². The largest absolute Gasteiger partial charge is 0.484 e. The predicted octanol–water partition coefficient (Wildman–Crippen LogP) is 2.38. The lowest BCUT2D eigenvalue weighted by atomic mass is 10.0. The van der Waals surface area contributed by atoms with E-state index in [1.807, 2.05) is 0 Å². The number of para-hydroxylation sites is 1. The van der Waals surface area contributed by atoms with E-state index in [1.165, 1.54) is 6.07 Å². The fourth-order valence-corrected chi connectivity index (χ4v) is 3.83. The Morgan fingerprint density at radius 3 is 2.74 bits per heavy atom. The average Bonchev–Trinajstić information content (AvgIpc) is 2.66. The van der Waals surface area contributed by atoms with Crippen molar-refractivity contribution in [2.45, 2.75) is 24.7 Å². The normalized spacial score (nSPS) is 13.4. The summed E-state index contributed by atoms with van der Waals surface area (Å²) in [6.07, 6.45) is 1.03. The Morgan fingerprint density at radius 1 is 1.19 bits per heavy atom. The van der Waals surface area contributed by atoms with Crippen LogP contribution in [0.25, 0.3) is 0 Å². The van der Waals surface area contributed by atoms with Gasteiger partial charge < -0.3 is 15.4 Å². The molecule has 142 valence electrons. The molecule has 2 aromatic rings. The number of hydrogen-bond donors (Lipinski definition) is 2. The molecule has 0 aromatic heterocycles. The molecule has 0 radical (unpaired) electrons. The summed E-state index contributed by atoms with van der Waals surface area (Å²) in [5.41, 5.74) is 1.94. The van der Waals surface area contributed by atoms with E-state index < -0.39 is 15.7 Å². The number of anilines is 2. The molecule has 2 N–H and O–H groups in total. The van der Waals surface area contributed by atoms with Crippen molar-refractivity contribution in [1.29, 1.82) is 0 Å². The van der Waals surface area contributed by atoms with E-state index in [4.69, 9.17) is 4.74 Å². The van der Waals surface area contributed by atoms with Crippen molar-refractivity contribution in [2.24, 2.45) is 0 Å². The molecule has 2 amide bonds. The zero-order valence-corrected chi connectivity index (χ0v) is 15.6. The van der Waals surface area contributed by atoms with E-state index in [9.17, 15) is 18.0 Å². The van der Waals surface area contributed by atoms with E-state index in [0.29, 0.717) is 18.6 Å². The molecule has 7 nitrogen and oxygen atoms in total. The fraction of sp³-hybridized carbons (Fsp3) is 0.263. The van der Waals surface area contributed by atoms with Crippen LogP contribution in [0.1, 0.15) is 18.9 Å². The van der Waals surface area contributed by atoms with Gasteiger partial charge in [-0.25, -0.2) is 8.42 Å². The first kappa shape index (κ1) is 18.9. The number of hydrogen-bond acceptors (Lipinski definition) is 5. The van der Waals surface area contributed by atoms with E-state index in [1.54, 1.807) is 43.3 Å². The summed E-state index contributed by atoms with van der Waals surface area (Å²) in [5, 5.41) is 5.37. The highest BCUT2D eigenvalue weighted by molar-refractivity contribution is 7.91. The third-order valence-electron chi connectivity index (χ3n) is 4.22. The van der Waals surface area contributed by atoms with Crippen molar-refractivity contribution >= 4 is 33.0 Å². The van der Waals surface area contributed by atoms with Crippen molar-refractivity contribution in [1.82, 2.24) is 0 Å². The number of sulfone groups is 1. The summed E-state index contributed by atoms with van der Waals surface area (Å²) in [6.45, 7) is 1.29. The first-order valence-corrected chi connectivity index (χ1v) is 10.2. The van der Waals surface area contributed by atoms with E-state index in [-0.39, 0.29) is 28.8 Å². The molecule has 0 atom stereocenters. The monoisotopic (exact) mass is 388 g/mol. The van der Waals surface area contributed by atoms with Crippen molar-refractivity contribution in [3.05, 3.63) is 48.0 Å². The number of carbonyl (C=O) groups is 2. The minimum atomic E-state index is -3.45. The Labute approximate surface area is 157 Å². The molecular formula is C19H20N2O5S. The van der Waals surface area contributed by atoms with Gasteiger partial charge in [-0.3, -0.25) is 9.59 Å². The number of aryl methyl sites for hydroxylation is 1. The summed E-state index contributed by atoms with van der Waals surface area (Å²) < 4.78 is 29.8. The Morgan fingerprint density at radius 2 is 1.96 bits per heavy atom. The fourth-order valence-electron chi connectivity index (χ4n) is 2.78. The average molecular weight is 388 g/mol. The molecule has 2 aromatic carbocycles. The maximum atomic E-state index is 12.2. The highest BCUT2D eigenvalue weighted by atomic mass is 32.2. The second kappa shape index (κ2) is 7.79. The molecule has 1 aliphatic heterocycles. The van der Waals surface area contributed by atoms with Gasteiger partial charge in [0.1, 0.15) is 5.75 Å². The molecule has 0 fully saturated rings. The SMILES string of the molecule is CCS(=O)(=O)c1ccccc1NC(=O)COc1ccc2c(c1)CCC(=O)N2. The van der Waals surface area contributed by atoms with Crippen LogP contribution in [-0.4, -0.2) is 32.6 Å². The Kier molecular flexibility index (Phi) is 5.46. The van der Waals surface area contributed by atoms with Crippen LogP contribution in [0.15, 0.2) is 47.4 Å². The maximum Gasteiger partial charge on any atom is 0.262 e. The van der Waals surface area contributed by atoms with Crippen LogP contribution >= 0.6 is 0 Å². The summed E-state index contributed by atoms with van der Waals surface area (Å²) in [5.74, 6) is -0.0206. The first-order valence-electron chi connectivity index (χ1n) is 8.56. The first-order chi connectivity index (χ1) is 12.9. The quantitative estimate of drug-likeness (QED) is 0.791. The molecule has 0 unspecified atom stereocenters. The maximum absolute atomic E-state index is 12.2. The molecular weight excluding hydrogens is 368 g/mol. The number of fused-ring (bicyclic) bond motifs is 1. The van der Waals surface area contributed by atoms with Crippen LogP contribution in [0, 0.1) is 0 Å². The van der Waals surface area contributed by atoms with Crippen LogP contribution in [-0.2, 0) is 25.8 Å². The molecule has 0 bridgehead atoms. The minimum absolute atomic E-state index is 0.0174. The van der Waals surface area contributed by atoms with Gasteiger partial charge in [-0.2, -0.15) is 0 Å². The van der Waals surface area contributed by atoms with Gasteiger partial charge in [0, 0.05) is 12.1 Å². The van der Waals surface area contributed by atoms with Gasteiger partial charge in [-0.05, 0) is 42.3 Å². The topological polar surface area (TPSA) is 102 Å². The lowest BCUT2D eigenvalue weighted by Crippen LogP contribution is -2.22. The van der Waals surface area contributed by atoms with Crippen LogP contribution in [0.2, 0.25) is 0 Å². The zero-order valence-electron chi connectivity index (χ0n) is 14.8. The Bertz CT molecular complexity index is 985. The third-order valence-corrected chi connectivity index (χ3v) is 6.00. The van der Waals surface area contributed by atoms with Crippen LogP contribution in [0.5, 0.6) is 5.75 Å². The van der Waals surface area contributed by atoms with E-state index in [0.717, 1.165) is 11.3 Å². The Hall–Kier alpha value is -2.87. The zero-order chi connectivity index (χ0) is 19.4. The van der Waals surface area contributed by atoms with Crippen molar-refractivity contribution in [3.63, 3.8) is 0 Å². The smallest absolute Gasteiger partial charge is 0.262 e. The Balaban J connectivity index is 1.65. The van der Waals surface area contributed by atoms with Crippen molar-refractivity contribution in [2.75, 3.05) is 23.0 Å². The summed E-state index contributed by atoms with van der Waals surface area (Å²) >= 11 is 0. The number of rotatable bonds is 6. The molecule has 0 saturated heterocycles. The molecule has 1 heterocycles. The van der Waals surface area contributed by atoms with Crippen LogP contribution < -0.4 is 15.4 Å². The highest BCUT2D eigenvalue weighted by Gasteiger charge is 2.18. The van der Waals surface area contributed by atoms with Crippen molar-refractivity contribution in [3.8, 4) is 5.75 Å². The van der Waals surface area contributed by atoms with E-state index in [2.05, 4.69) is 10.6 Å². The number of nitrogens with one attached hydrogen (secondary N) is 2. The van der Waals surface area contributed by atoms with Gasteiger partial charge in [0.05, 0.1) is 16.3 Å². The number of ether oxygens (including phenoxy) is 1. The molecule has 8 heteroatoms. The minimum Gasteiger partial charge on any atom is -0.484 e. The van der Waals surface area contributed by atoms with Gasteiger partial charge in [0.25, 0.3) is 5.91 Å². The number of amides is 2. The van der Waals surface area contributed by atoms with Gasteiger partial charge in [-0.15, -0.1) is 0 Å². The molecule has 27 heavy (non-hydrogen) atoms. The third kappa shape index (κ3) is 4.46. The molecule has 0 spiro atoms. The second-order valence-electron chi connectivity index (χ2n) is 6.10. The van der Waals surface area contributed by atoms with Crippen molar-refractivity contribution < 1.29 is 22.7 Å². The summed E-state index contributed by atoms with van der Waals surface area (Å²) in [4.78, 5) is 23.7. The molecule has 1 aliphatic rings. The van der Waals surface area contributed by atoms with Gasteiger partial charge in [0.2, 0.25) is 5.91 Å². The predicted molar refractivity (Wildman–Crippen MR) is 102 cm³/mol. The summed E-state index contributed by atoms with van der Waals surface area (Å²) in [7, 11) is -3.45. The molecule has 3 rings (SSSR count). The number of benzene rings is 2.